The summed E-state index contributed by atoms with van der Waals surface area (Å²) >= 11 is 6.16. The van der Waals surface area contributed by atoms with Crippen LogP contribution in [0.4, 0.5) is 0 Å². The lowest BCUT2D eigenvalue weighted by molar-refractivity contribution is 0.0935. The van der Waals surface area contributed by atoms with Gasteiger partial charge < -0.3 is 10.1 Å². The number of hydrogen-bond donors (Lipinski definition) is 1. The van der Waals surface area contributed by atoms with E-state index in [2.05, 4.69) is 50.4 Å². The number of carbonyl (C=O) groups excluding carboxylic acids is 1. The number of nitrogens with one attached hydrogen (secondary N) is 1. The number of rotatable bonds is 6. The second kappa shape index (κ2) is 9.36. The lowest BCUT2D eigenvalue weighted by Crippen LogP contribution is -2.27. The molecule has 0 bridgehead atoms. The van der Waals surface area contributed by atoms with Crippen LogP contribution < -0.4 is 10.1 Å². The van der Waals surface area contributed by atoms with Gasteiger partial charge in [0.2, 0.25) is 0 Å². The molecule has 0 aliphatic rings. The van der Waals surface area contributed by atoms with Gasteiger partial charge in [-0.15, -0.1) is 0 Å². The predicted molar refractivity (Wildman–Crippen MR) is 123 cm³/mol. The van der Waals surface area contributed by atoms with E-state index in [4.69, 9.17) is 16.3 Å². The van der Waals surface area contributed by atoms with Crippen LogP contribution in [0.3, 0.4) is 0 Å². The summed E-state index contributed by atoms with van der Waals surface area (Å²) in [4.78, 5) is 13.0. The van der Waals surface area contributed by atoms with Crippen molar-refractivity contribution in [3.05, 3.63) is 100 Å². The summed E-state index contributed by atoms with van der Waals surface area (Å²) in [7, 11) is 0. The zero-order chi connectivity index (χ0) is 21.7. The highest BCUT2D eigenvalue weighted by Crippen LogP contribution is 2.26. The largest absolute Gasteiger partial charge is 0.488 e. The Morgan fingerprint density at radius 2 is 1.67 bits per heavy atom. The number of ether oxygens (including phenoxy) is 1. The normalized spacial score (nSPS) is 12.3. The number of amides is 1. The van der Waals surface area contributed by atoms with Crippen LogP contribution in [0.15, 0.2) is 72.8 Å². The summed E-state index contributed by atoms with van der Waals surface area (Å²) in [6.45, 7) is 8.90. The van der Waals surface area contributed by atoms with E-state index in [1.54, 1.807) is 18.2 Å². The molecule has 0 spiro atoms. The Hall–Kier alpha value is -2.78. The maximum Gasteiger partial charge on any atom is 0.255 e. The van der Waals surface area contributed by atoms with Crippen LogP contribution in [0.2, 0.25) is 5.02 Å². The molecule has 30 heavy (non-hydrogen) atoms. The van der Waals surface area contributed by atoms with Gasteiger partial charge in [-0.1, -0.05) is 87.0 Å². The van der Waals surface area contributed by atoms with E-state index in [0.29, 0.717) is 22.9 Å². The van der Waals surface area contributed by atoms with Crippen molar-refractivity contribution in [2.45, 2.75) is 45.8 Å². The third-order valence-corrected chi connectivity index (χ3v) is 5.28. The van der Waals surface area contributed by atoms with E-state index >= 15 is 0 Å². The van der Waals surface area contributed by atoms with Gasteiger partial charge in [0.05, 0.1) is 11.6 Å². The van der Waals surface area contributed by atoms with Crippen molar-refractivity contribution in [3.8, 4) is 5.75 Å². The summed E-state index contributed by atoms with van der Waals surface area (Å²) < 4.78 is 5.92. The minimum atomic E-state index is -0.215. The lowest BCUT2D eigenvalue weighted by atomic mass is 9.86. The van der Waals surface area contributed by atoms with Crippen molar-refractivity contribution in [1.29, 1.82) is 0 Å². The van der Waals surface area contributed by atoms with Crippen molar-refractivity contribution in [2.75, 3.05) is 0 Å². The third-order valence-electron chi connectivity index (χ3n) is 5.05. The highest BCUT2D eigenvalue weighted by molar-refractivity contribution is 6.31. The molecule has 0 aromatic heterocycles. The van der Waals surface area contributed by atoms with Gasteiger partial charge in [0, 0.05) is 5.02 Å². The maximum absolute atomic E-state index is 13.0. The fourth-order valence-electron chi connectivity index (χ4n) is 3.17. The Balaban J connectivity index is 1.73. The number of benzene rings is 3. The van der Waals surface area contributed by atoms with Gasteiger partial charge in [-0.3, -0.25) is 4.79 Å². The number of hydrogen-bond acceptors (Lipinski definition) is 2. The Morgan fingerprint density at radius 3 is 2.30 bits per heavy atom. The molecule has 0 saturated carbocycles. The molecule has 3 aromatic rings. The van der Waals surface area contributed by atoms with E-state index in [1.165, 1.54) is 5.56 Å². The van der Waals surface area contributed by atoms with Crippen molar-refractivity contribution >= 4 is 17.5 Å². The second-order valence-corrected chi connectivity index (χ2v) is 8.92. The zero-order valence-electron chi connectivity index (χ0n) is 17.9. The van der Waals surface area contributed by atoms with Crippen molar-refractivity contribution < 1.29 is 9.53 Å². The van der Waals surface area contributed by atoms with Crippen LogP contribution in [0.25, 0.3) is 0 Å². The zero-order valence-corrected chi connectivity index (χ0v) is 18.7. The maximum atomic E-state index is 13.0. The van der Waals surface area contributed by atoms with Crippen LogP contribution in [0.1, 0.15) is 60.8 Å². The van der Waals surface area contributed by atoms with Crippen molar-refractivity contribution in [1.82, 2.24) is 5.32 Å². The summed E-state index contributed by atoms with van der Waals surface area (Å²) in [5.41, 5.74) is 3.86. The fraction of sp³-hybridized carbons (Fsp3) is 0.269. The number of halogens is 1. The molecule has 1 atom stereocenters. The Labute approximate surface area is 184 Å². The second-order valence-electron chi connectivity index (χ2n) is 8.48. The molecule has 0 fully saturated rings. The minimum Gasteiger partial charge on any atom is -0.488 e. The lowest BCUT2D eigenvalue weighted by Gasteiger charge is -2.21. The van der Waals surface area contributed by atoms with Crippen molar-refractivity contribution in [2.24, 2.45) is 0 Å². The molecule has 0 aliphatic heterocycles. The van der Waals surface area contributed by atoms with Gasteiger partial charge >= 0.3 is 0 Å². The monoisotopic (exact) mass is 421 g/mol. The standard InChI is InChI=1S/C26H28ClNO2/c1-18(20-10-12-21(13-11-20)26(2,3)4)28-25(29)23-16-22(27)14-15-24(23)30-17-19-8-6-5-7-9-19/h5-16,18H,17H2,1-4H3,(H,28,29)/t18-/m0/s1. The first-order valence-electron chi connectivity index (χ1n) is 10.1. The van der Waals surface area contributed by atoms with E-state index in [1.807, 2.05) is 37.3 Å². The molecule has 156 valence electrons. The van der Waals surface area contributed by atoms with Gasteiger partial charge in [0.25, 0.3) is 5.91 Å². The molecule has 4 heteroatoms. The molecule has 3 rings (SSSR count). The average Bonchev–Trinajstić information content (AvgIpc) is 2.73. The van der Waals surface area contributed by atoms with Gasteiger partial charge in [0.15, 0.2) is 0 Å². The molecule has 1 N–H and O–H groups in total. The van der Waals surface area contributed by atoms with Gasteiger partial charge in [-0.2, -0.15) is 0 Å². The molecule has 3 aromatic carbocycles. The van der Waals surface area contributed by atoms with E-state index < -0.39 is 0 Å². The first kappa shape index (κ1) is 21.9. The summed E-state index contributed by atoms with van der Waals surface area (Å²) in [6, 6.07) is 23.2. The highest BCUT2D eigenvalue weighted by Gasteiger charge is 2.18. The smallest absolute Gasteiger partial charge is 0.255 e. The van der Waals surface area contributed by atoms with E-state index in [-0.39, 0.29) is 17.4 Å². The first-order valence-corrected chi connectivity index (χ1v) is 10.5. The van der Waals surface area contributed by atoms with Gasteiger partial charge in [-0.25, -0.2) is 0 Å². The van der Waals surface area contributed by atoms with Crippen LogP contribution in [0.5, 0.6) is 5.75 Å². The van der Waals surface area contributed by atoms with Gasteiger partial charge in [0.1, 0.15) is 12.4 Å². The SMILES string of the molecule is C[C@H](NC(=O)c1cc(Cl)ccc1OCc1ccccc1)c1ccc(C(C)(C)C)cc1. The Kier molecular flexibility index (Phi) is 6.84. The van der Waals surface area contributed by atoms with Crippen LogP contribution in [-0.4, -0.2) is 5.91 Å². The van der Waals surface area contributed by atoms with E-state index in [0.717, 1.165) is 11.1 Å². The molecule has 0 unspecified atom stereocenters. The molecule has 3 nitrogen and oxygen atoms in total. The molecule has 1 amide bonds. The molecular weight excluding hydrogens is 394 g/mol. The fourth-order valence-corrected chi connectivity index (χ4v) is 3.34. The van der Waals surface area contributed by atoms with Crippen molar-refractivity contribution in [3.63, 3.8) is 0 Å². The quantitative estimate of drug-likeness (QED) is 0.480. The molecule has 0 heterocycles. The highest BCUT2D eigenvalue weighted by atomic mass is 35.5. The predicted octanol–water partition coefficient (Wildman–Crippen LogP) is 6.71. The van der Waals surface area contributed by atoms with Crippen LogP contribution >= 0.6 is 11.6 Å². The van der Waals surface area contributed by atoms with Crippen LogP contribution in [-0.2, 0) is 12.0 Å². The molecule has 0 saturated heterocycles. The summed E-state index contributed by atoms with van der Waals surface area (Å²) in [5, 5.41) is 3.55. The third kappa shape index (κ3) is 5.64. The Morgan fingerprint density at radius 1 is 1.00 bits per heavy atom. The molecule has 0 aliphatic carbocycles. The van der Waals surface area contributed by atoms with E-state index in [9.17, 15) is 4.79 Å². The summed E-state index contributed by atoms with van der Waals surface area (Å²) in [6.07, 6.45) is 0. The Bertz CT molecular complexity index is 992. The summed E-state index contributed by atoms with van der Waals surface area (Å²) in [5.74, 6) is 0.295. The number of carbonyl (C=O) groups is 1. The topological polar surface area (TPSA) is 38.3 Å². The van der Waals surface area contributed by atoms with Gasteiger partial charge in [-0.05, 0) is 47.2 Å². The minimum absolute atomic E-state index is 0.0940. The molecule has 0 radical (unpaired) electrons. The first-order chi connectivity index (χ1) is 14.2. The molecular formula is C26H28ClNO2. The van der Waals surface area contributed by atoms with Crippen LogP contribution in [0, 0.1) is 0 Å². The average molecular weight is 422 g/mol.